The first-order valence-electron chi connectivity index (χ1n) is 10.8. The van der Waals surface area contributed by atoms with E-state index in [4.69, 9.17) is 4.98 Å². The Hall–Kier alpha value is -4.00. The zero-order chi connectivity index (χ0) is 22.2. The highest BCUT2D eigenvalue weighted by Gasteiger charge is 2.20. The van der Waals surface area contributed by atoms with Crippen LogP contribution >= 0.6 is 0 Å². The fourth-order valence-electron chi connectivity index (χ4n) is 4.17. The maximum absolute atomic E-state index is 13.2. The molecule has 160 valence electrons. The lowest BCUT2D eigenvalue weighted by atomic mass is 10.1. The normalized spacial score (nSPS) is 11.4. The van der Waals surface area contributed by atoms with Crippen molar-refractivity contribution in [2.45, 2.75) is 33.2 Å². The minimum absolute atomic E-state index is 0.206. The Morgan fingerprint density at radius 3 is 2.56 bits per heavy atom. The van der Waals surface area contributed by atoms with Crippen molar-refractivity contribution >= 4 is 38.9 Å². The second-order valence-electron chi connectivity index (χ2n) is 7.84. The molecule has 1 amide bonds. The monoisotopic (exact) mass is 425 g/mol. The molecule has 3 aromatic heterocycles. The van der Waals surface area contributed by atoms with Gasteiger partial charge in [-0.05, 0) is 31.5 Å². The van der Waals surface area contributed by atoms with Crippen LogP contribution in [-0.4, -0.2) is 25.1 Å². The molecule has 0 aliphatic rings. The van der Waals surface area contributed by atoms with Gasteiger partial charge >= 0.3 is 0 Å². The Kier molecular flexibility index (Phi) is 4.93. The molecule has 0 aliphatic heterocycles. The number of benzene rings is 2. The number of aryl methyl sites for hydroxylation is 2. The predicted molar refractivity (Wildman–Crippen MR) is 126 cm³/mol. The second-order valence-corrected chi connectivity index (χ2v) is 7.84. The molecule has 0 atom stereocenters. The molecule has 0 bridgehead atoms. The van der Waals surface area contributed by atoms with Gasteiger partial charge in [-0.1, -0.05) is 49.7 Å². The van der Waals surface area contributed by atoms with Crippen LogP contribution in [0, 0.1) is 6.92 Å². The third-order valence-electron chi connectivity index (χ3n) is 5.70. The Morgan fingerprint density at radius 1 is 1.00 bits per heavy atom. The molecule has 0 spiro atoms. The van der Waals surface area contributed by atoms with Crippen molar-refractivity contribution in [2.75, 3.05) is 5.32 Å². The molecule has 32 heavy (non-hydrogen) atoms. The Labute approximate surface area is 184 Å². The van der Waals surface area contributed by atoms with Gasteiger partial charge in [-0.25, -0.2) is 9.67 Å². The van der Waals surface area contributed by atoms with Crippen LogP contribution in [0.25, 0.3) is 27.3 Å². The molecule has 5 rings (SSSR count). The standard InChI is InChI=1S/C25H23N5O2/c1-3-4-15-29-22(31)14-13-20(28-29)25(32)27-23-18-10-6-8-12-21(18)30-16(2)26-19-11-7-5-9-17(19)24(23)30/h5-14H,3-4,15H2,1-2H3,(H,27,32). The van der Waals surface area contributed by atoms with Crippen molar-refractivity contribution in [3.05, 3.63) is 82.5 Å². The highest BCUT2D eigenvalue weighted by molar-refractivity contribution is 6.18. The first kappa shape index (κ1) is 19.9. The lowest BCUT2D eigenvalue weighted by molar-refractivity contribution is 0.102. The Morgan fingerprint density at radius 2 is 1.75 bits per heavy atom. The van der Waals surface area contributed by atoms with E-state index in [1.807, 2.05) is 62.4 Å². The lowest BCUT2D eigenvalue weighted by Gasteiger charge is -2.10. The van der Waals surface area contributed by atoms with Crippen molar-refractivity contribution in [1.29, 1.82) is 0 Å². The Balaban J connectivity index is 1.69. The van der Waals surface area contributed by atoms with E-state index in [0.29, 0.717) is 12.2 Å². The fourth-order valence-corrected chi connectivity index (χ4v) is 4.17. The summed E-state index contributed by atoms with van der Waals surface area (Å²) >= 11 is 0. The van der Waals surface area contributed by atoms with Gasteiger partial charge in [0, 0.05) is 23.4 Å². The summed E-state index contributed by atoms with van der Waals surface area (Å²) in [6, 6.07) is 18.7. The highest BCUT2D eigenvalue weighted by Crippen LogP contribution is 2.36. The van der Waals surface area contributed by atoms with E-state index in [0.717, 1.165) is 46.0 Å². The average molecular weight is 425 g/mol. The number of carbonyl (C=O) groups excluding carboxylic acids is 1. The van der Waals surface area contributed by atoms with E-state index in [-0.39, 0.29) is 17.2 Å². The topological polar surface area (TPSA) is 81.3 Å². The summed E-state index contributed by atoms with van der Waals surface area (Å²) in [5.74, 6) is 0.480. The number of carbonyl (C=O) groups is 1. The van der Waals surface area contributed by atoms with Crippen molar-refractivity contribution in [3.8, 4) is 0 Å². The molecule has 5 aromatic rings. The number of hydrogen-bond donors (Lipinski definition) is 1. The first-order chi connectivity index (χ1) is 15.6. The number of hydrogen-bond acceptors (Lipinski definition) is 4. The number of unbranched alkanes of at least 4 members (excludes halogenated alkanes) is 1. The van der Waals surface area contributed by atoms with Crippen molar-refractivity contribution in [2.24, 2.45) is 0 Å². The van der Waals surface area contributed by atoms with Crippen LogP contribution < -0.4 is 10.9 Å². The molecule has 7 heteroatoms. The summed E-state index contributed by atoms with van der Waals surface area (Å²) in [5, 5.41) is 9.25. The molecule has 0 saturated heterocycles. The maximum atomic E-state index is 13.2. The van der Waals surface area contributed by atoms with Crippen molar-refractivity contribution in [3.63, 3.8) is 0 Å². The van der Waals surface area contributed by atoms with E-state index in [1.165, 1.54) is 16.8 Å². The summed E-state index contributed by atoms with van der Waals surface area (Å²) in [7, 11) is 0. The molecule has 2 aromatic carbocycles. The highest BCUT2D eigenvalue weighted by atomic mass is 16.2. The number of rotatable bonds is 5. The molecule has 0 saturated carbocycles. The van der Waals surface area contributed by atoms with Gasteiger partial charge in [-0.15, -0.1) is 0 Å². The lowest BCUT2D eigenvalue weighted by Crippen LogP contribution is -2.26. The van der Waals surface area contributed by atoms with Gasteiger partial charge in [0.05, 0.1) is 22.2 Å². The zero-order valence-corrected chi connectivity index (χ0v) is 18.0. The predicted octanol–water partition coefficient (Wildman–Crippen LogP) is 4.56. The third kappa shape index (κ3) is 3.22. The smallest absolute Gasteiger partial charge is 0.276 e. The zero-order valence-electron chi connectivity index (χ0n) is 18.0. The Bertz CT molecular complexity index is 1550. The third-order valence-corrected chi connectivity index (χ3v) is 5.70. The van der Waals surface area contributed by atoms with Crippen LogP contribution in [0.5, 0.6) is 0 Å². The van der Waals surface area contributed by atoms with E-state index in [2.05, 4.69) is 14.8 Å². The molecular formula is C25H23N5O2. The molecule has 0 aliphatic carbocycles. The quantitative estimate of drug-likeness (QED) is 0.448. The number of nitrogens with one attached hydrogen (secondary N) is 1. The number of nitrogens with zero attached hydrogens (tertiary/aromatic N) is 4. The van der Waals surface area contributed by atoms with Crippen LogP contribution in [0.1, 0.15) is 36.1 Å². The molecule has 1 N–H and O–H groups in total. The molecule has 7 nitrogen and oxygen atoms in total. The summed E-state index contributed by atoms with van der Waals surface area (Å²) in [6.07, 6.45) is 1.76. The van der Waals surface area contributed by atoms with Gasteiger partial charge in [0.1, 0.15) is 11.5 Å². The van der Waals surface area contributed by atoms with Gasteiger partial charge in [-0.2, -0.15) is 5.10 Å². The summed E-state index contributed by atoms with van der Waals surface area (Å²) in [6.45, 7) is 4.50. The van der Waals surface area contributed by atoms with Crippen LogP contribution in [0.15, 0.2) is 65.5 Å². The van der Waals surface area contributed by atoms with Gasteiger partial charge < -0.3 is 5.32 Å². The maximum Gasteiger partial charge on any atom is 0.276 e. The van der Waals surface area contributed by atoms with Gasteiger partial charge in [0.25, 0.3) is 11.5 Å². The minimum atomic E-state index is -0.355. The molecule has 0 unspecified atom stereocenters. The number of anilines is 1. The van der Waals surface area contributed by atoms with E-state index in [9.17, 15) is 9.59 Å². The number of amides is 1. The number of fused-ring (bicyclic) bond motifs is 5. The van der Waals surface area contributed by atoms with E-state index >= 15 is 0 Å². The van der Waals surface area contributed by atoms with Gasteiger partial charge in [-0.3, -0.25) is 14.0 Å². The van der Waals surface area contributed by atoms with Crippen LogP contribution in [0.3, 0.4) is 0 Å². The average Bonchev–Trinajstić information content (AvgIpc) is 3.14. The summed E-state index contributed by atoms with van der Waals surface area (Å²) in [4.78, 5) is 30.1. The molecule has 0 fully saturated rings. The summed E-state index contributed by atoms with van der Waals surface area (Å²) < 4.78 is 3.43. The number of para-hydroxylation sites is 2. The van der Waals surface area contributed by atoms with E-state index < -0.39 is 0 Å². The first-order valence-corrected chi connectivity index (χ1v) is 10.8. The minimum Gasteiger partial charge on any atom is -0.318 e. The van der Waals surface area contributed by atoms with Crippen LogP contribution in [0.2, 0.25) is 0 Å². The van der Waals surface area contributed by atoms with Gasteiger partial charge in [0.2, 0.25) is 0 Å². The van der Waals surface area contributed by atoms with Gasteiger partial charge in [0.15, 0.2) is 0 Å². The van der Waals surface area contributed by atoms with Crippen molar-refractivity contribution < 1.29 is 4.79 Å². The van der Waals surface area contributed by atoms with E-state index in [1.54, 1.807) is 0 Å². The van der Waals surface area contributed by atoms with Crippen molar-refractivity contribution in [1.82, 2.24) is 19.2 Å². The van der Waals surface area contributed by atoms with Crippen LogP contribution in [-0.2, 0) is 6.54 Å². The molecule has 3 heterocycles. The number of aromatic nitrogens is 4. The summed E-state index contributed by atoms with van der Waals surface area (Å²) in [5.41, 5.74) is 3.43. The van der Waals surface area contributed by atoms with Crippen LogP contribution in [0.4, 0.5) is 5.69 Å². The molecule has 0 radical (unpaired) electrons. The molecular weight excluding hydrogens is 402 g/mol. The SMILES string of the molecule is CCCCn1nc(C(=O)Nc2c3ccccc3n3c(C)nc4ccccc4c23)ccc1=O. The largest absolute Gasteiger partial charge is 0.318 e. The second kappa shape index (κ2) is 7.92. The fraction of sp³-hybridized carbons (Fsp3) is 0.200.